The molecule has 1 aromatic heterocycles. The van der Waals surface area contributed by atoms with Crippen LogP contribution in [-0.2, 0) is 0 Å². The van der Waals surface area contributed by atoms with Gasteiger partial charge in [-0.1, -0.05) is 0 Å². The first kappa shape index (κ1) is 7.47. The second kappa shape index (κ2) is 2.96. The van der Waals surface area contributed by atoms with Crippen molar-refractivity contribution in [2.75, 3.05) is 12.4 Å². The van der Waals surface area contributed by atoms with E-state index in [1.54, 1.807) is 13.1 Å². The Morgan fingerprint density at radius 2 is 2.30 bits per heavy atom. The summed E-state index contributed by atoms with van der Waals surface area (Å²) in [4.78, 5) is 3.82. The molecule has 0 radical (unpaired) electrons. The molecule has 0 spiro atoms. The Morgan fingerprint density at radius 3 is 2.80 bits per heavy atom. The van der Waals surface area contributed by atoms with E-state index in [-0.39, 0.29) is 10.4 Å². The Morgan fingerprint density at radius 1 is 1.60 bits per heavy atom. The first-order valence-corrected chi connectivity index (χ1v) is 3.53. The molecule has 4 heteroatoms. The molecule has 10 heavy (non-hydrogen) atoms. The number of nitrogens with zero attached hydrogens (tertiary/aromatic N) is 1. The molecule has 2 nitrogen and oxygen atoms in total. The number of aromatic nitrogens is 1. The van der Waals surface area contributed by atoms with Crippen molar-refractivity contribution >= 4 is 21.7 Å². The van der Waals surface area contributed by atoms with Gasteiger partial charge in [0.25, 0.3) is 0 Å². The number of hydrogen-bond acceptors (Lipinski definition) is 2. The van der Waals surface area contributed by atoms with E-state index in [1.807, 2.05) is 0 Å². The van der Waals surface area contributed by atoms with Gasteiger partial charge in [-0.2, -0.15) is 0 Å². The summed E-state index contributed by atoms with van der Waals surface area (Å²) >= 11 is 2.96. The van der Waals surface area contributed by atoms with Crippen molar-refractivity contribution in [3.05, 3.63) is 22.6 Å². The average Bonchev–Trinajstić information content (AvgIpc) is 1.95. The SMILES string of the molecule is CNc1ccc(F)c(Br)n1. The standard InChI is InChI=1S/C6H6BrFN2/c1-9-5-3-2-4(8)6(7)10-5/h2-3H,1H3,(H,9,10). The molecule has 0 saturated heterocycles. The predicted molar refractivity (Wildman–Crippen MR) is 41.4 cm³/mol. The maximum atomic E-state index is 12.5. The Hall–Kier alpha value is -0.640. The van der Waals surface area contributed by atoms with Gasteiger partial charge in [0.2, 0.25) is 0 Å². The van der Waals surface area contributed by atoms with E-state index < -0.39 is 0 Å². The minimum absolute atomic E-state index is 0.236. The highest BCUT2D eigenvalue weighted by Gasteiger charge is 1.98. The lowest BCUT2D eigenvalue weighted by Crippen LogP contribution is -1.92. The Balaban J connectivity index is 3.04. The minimum atomic E-state index is -0.348. The first-order chi connectivity index (χ1) is 4.74. The average molecular weight is 205 g/mol. The monoisotopic (exact) mass is 204 g/mol. The van der Waals surface area contributed by atoms with Crippen molar-refractivity contribution < 1.29 is 4.39 Å². The third-order valence-corrected chi connectivity index (χ3v) is 1.62. The molecular formula is C6H6BrFN2. The van der Waals surface area contributed by atoms with Crippen LogP contribution >= 0.6 is 15.9 Å². The summed E-state index contributed by atoms with van der Waals surface area (Å²) in [6, 6.07) is 2.92. The van der Waals surface area contributed by atoms with Crippen LogP contribution in [0.25, 0.3) is 0 Å². The van der Waals surface area contributed by atoms with Crippen LogP contribution in [0.5, 0.6) is 0 Å². The summed E-state index contributed by atoms with van der Waals surface area (Å²) < 4.78 is 12.7. The molecular weight excluding hydrogens is 199 g/mol. The summed E-state index contributed by atoms with van der Waals surface area (Å²) in [5.74, 6) is 0.298. The summed E-state index contributed by atoms with van der Waals surface area (Å²) in [6.45, 7) is 0. The van der Waals surface area contributed by atoms with Gasteiger partial charge in [0.05, 0.1) is 0 Å². The van der Waals surface area contributed by atoms with Crippen LogP contribution in [0.3, 0.4) is 0 Å². The van der Waals surface area contributed by atoms with E-state index in [0.29, 0.717) is 5.82 Å². The third kappa shape index (κ3) is 1.44. The zero-order valence-electron chi connectivity index (χ0n) is 5.36. The van der Waals surface area contributed by atoms with Crippen LogP contribution in [0.1, 0.15) is 0 Å². The zero-order chi connectivity index (χ0) is 7.56. The van der Waals surface area contributed by atoms with Crippen LogP contribution in [-0.4, -0.2) is 12.0 Å². The maximum Gasteiger partial charge on any atom is 0.156 e. The Labute approximate surface area is 66.6 Å². The highest BCUT2D eigenvalue weighted by atomic mass is 79.9. The number of anilines is 1. The third-order valence-electron chi connectivity index (χ3n) is 1.06. The fraction of sp³-hybridized carbons (Fsp3) is 0.167. The molecule has 0 atom stereocenters. The van der Waals surface area contributed by atoms with Gasteiger partial charge in [-0.15, -0.1) is 0 Å². The molecule has 0 aliphatic rings. The molecule has 1 rings (SSSR count). The van der Waals surface area contributed by atoms with Crippen LogP contribution in [0.2, 0.25) is 0 Å². The van der Waals surface area contributed by atoms with E-state index in [9.17, 15) is 4.39 Å². The lowest BCUT2D eigenvalue weighted by molar-refractivity contribution is 0.613. The molecule has 0 aliphatic heterocycles. The van der Waals surface area contributed by atoms with E-state index in [4.69, 9.17) is 0 Å². The van der Waals surface area contributed by atoms with Gasteiger partial charge in [0, 0.05) is 7.05 Å². The molecule has 0 bridgehead atoms. The van der Waals surface area contributed by atoms with Gasteiger partial charge in [-0.05, 0) is 28.1 Å². The lowest BCUT2D eigenvalue weighted by atomic mass is 10.4. The molecule has 0 fully saturated rings. The summed E-state index contributed by atoms with van der Waals surface area (Å²) in [7, 11) is 1.73. The normalized spacial score (nSPS) is 9.50. The molecule has 1 aromatic rings. The molecule has 0 saturated carbocycles. The fourth-order valence-corrected chi connectivity index (χ4v) is 0.880. The van der Waals surface area contributed by atoms with Gasteiger partial charge >= 0.3 is 0 Å². The van der Waals surface area contributed by atoms with Gasteiger partial charge < -0.3 is 5.32 Å². The van der Waals surface area contributed by atoms with E-state index in [1.165, 1.54) is 6.07 Å². The number of pyridine rings is 1. The summed E-state index contributed by atoms with van der Waals surface area (Å²) in [5.41, 5.74) is 0. The molecule has 1 heterocycles. The van der Waals surface area contributed by atoms with Gasteiger partial charge in [0.15, 0.2) is 5.82 Å². The van der Waals surface area contributed by atoms with E-state index in [2.05, 4.69) is 26.2 Å². The van der Waals surface area contributed by atoms with Crippen molar-refractivity contribution in [3.63, 3.8) is 0 Å². The van der Waals surface area contributed by atoms with Crippen LogP contribution in [0.4, 0.5) is 10.2 Å². The van der Waals surface area contributed by atoms with Gasteiger partial charge in [-0.3, -0.25) is 0 Å². The lowest BCUT2D eigenvalue weighted by Gasteiger charge is -1.98. The quantitative estimate of drug-likeness (QED) is 0.709. The molecule has 0 unspecified atom stereocenters. The van der Waals surface area contributed by atoms with E-state index >= 15 is 0 Å². The molecule has 0 aliphatic carbocycles. The molecule has 54 valence electrons. The maximum absolute atomic E-state index is 12.5. The number of hydrogen-bond donors (Lipinski definition) is 1. The summed E-state index contributed by atoms with van der Waals surface area (Å²) in [5, 5.41) is 2.79. The molecule has 1 N–H and O–H groups in total. The molecule has 0 aromatic carbocycles. The van der Waals surface area contributed by atoms with Crippen molar-refractivity contribution in [2.45, 2.75) is 0 Å². The second-order valence-electron chi connectivity index (χ2n) is 1.72. The number of nitrogens with one attached hydrogen (secondary N) is 1. The zero-order valence-corrected chi connectivity index (χ0v) is 6.94. The molecule has 0 amide bonds. The van der Waals surface area contributed by atoms with Crippen LogP contribution in [0.15, 0.2) is 16.7 Å². The number of halogens is 2. The van der Waals surface area contributed by atoms with Crippen molar-refractivity contribution in [1.29, 1.82) is 0 Å². The topological polar surface area (TPSA) is 24.9 Å². The van der Waals surface area contributed by atoms with Gasteiger partial charge in [0.1, 0.15) is 10.4 Å². The Bertz CT molecular complexity index is 239. The highest BCUT2D eigenvalue weighted by Crippen LogP contribution is 2.14. The first-order valence-electron chi connectivity index (χ1n) is 2.74. The van der Waals surface area contributed by atoms with Crippen molar-refractivity contribution in [3.8, 4) is 0 Å². The predicted octanol–water partition coefficient (Wildman–Crippen LogP) is 2.02. The van der Waals surface area contributed by atoms with Gasteiger partial charge in [-0.25, -0.2) is 9.37 Å². The van der Waals surface area contributed by atoms with Crippen LogP contribution < -0.4 is 5.32 Å². The van der Waals surface area contributed by atoms with Crippen LogP contribution in [0, 0.1) is 5.82 Å². The number of rotatable bonds is 1. The van der Waals surface area contributed by atoms with Crippen molar-refractivity contribution in [2.24, 2.45) is 0 Å². The summed E-state index contributed by atoms with van der Waals surface area (Å²) in [6.07, 6.45) is 0. The largest absolute Gasteiger partial charge is 0.373 e. The van der Waals surface area contributed by atoms with E-state index in [0.717, 1.165) is 0 Å². The van der Waals surface area contributed by atoms with Crippen molar-refractivity contribution in [1.82, 2.24) is 4.98 Å². The fourth-order valence-electron chi connectivity index (χ4n) is 0.557. The smallest absolute Gasteiger partial charge is 0.156 e. The Kier molecular flexibility index (Phi) is 2.21. The minimum Gasteiger partial charge on any atom is -0.373 e. The highest BCUT2D eigenvalue weighted by molar-refractivity contribution is 9.10. The second-order valence-corrected chi connectivity index (χ2v) is 2.47.